The van der Waals surface area contributed by atoms with Gasteiger partial charge in [0.05, 0.1) is 18.3 Å². The number of carbonyl (C=O) groups is 2. The summed E-state index contributed by atoms with van der Waals surface area (Å²) < 4.78 is 1.52. The van der Waals surface area contributed by atoms with E-state index in [1.54, 1.807) is 11.3 Å². The smallest absolute Gasteiger partial charge is 0.262 e. The summed E-state index contributed by atoms with van der Waals surface area (Å²) in [5.41, 5.74) is 1.10. The van der Waals surface area contributed by atoms with Gasteiger partial charge in [-0.2, -0.15) is 0 Å². The highest BCUT2D eigenvalue weighted by Crippen LogP contribution is 2.33. The number of hydrogen-bond donors (Lipinski definition) is 2. The standard InChI is InChI=1S/C21H28N4O3S/c26-17(22-12-18(27)24-14-6-2-1-3-7-14)10-11-25-13-23-20-19(21(25)28)15-8-4-5-9-16(15)29-20/h13-14H,1-12H2,(H,22,26)(H,24,27). The monoisotopic (exact) mass is 416 g/mol. The van der Waals surface area contributed by atoms with Crippen LogP contribution >= 0.6 is 11.3 Å². The van der Waals surface area contributed by atoms with E-state index in [1.807, 2.05) is 0 Å². The molecule has 2 amide bonds. The Bertz CT molecular complexity index is 959. The number of hydrogen-bond acceptors (Lipinski definition) is 5. The number of carbonyl (C=O) groups excluding carboxylic acids is 2. The van der Waals surface area contributed by atoms with Crippen molar-refractivity contribution in [3.63, 3.8) is 0 Å². The first-order chi connectivity index (χ1) is 14.1. The van der Waals surface area contributed by atoms with Crippen molar-refractivity contribution in [1.82, 2.24) is 20.2 Å². The molecule has 1 saturated carbocycles. The van der Waals surface area contributed by atoms with Crippen LogP contribution in [0.2, 0.25) is 0 Å². The summed E-state index contributed by atoms with van der Waals surface area (Å²) in [5.74, 6) is -0.376. The van der Waals surface area contributed by atoms with Crippen LogP contribution in [0.1, 0.15) is 61.8 Å². The third-order valence-corrected chi connectivity index (χ3v) is 7.14. The zero-order valence-corrected chi connectivity index (χ0v) is 17.5. The lowest BCUT2D eigenvalue weighted by Gasteiger charge is -2.22. The highest BCUT2D eigenvalue weighted by atomic mass is 32.1. The number of fused-ring (bicyclic) bond motifs is 3. The molecule has 2 aliphatic rings. The third-order valence-electron chi connectivity index (χ3n) is 5.94. The molecule has 2 N–H and O–H groups in total. The van der Waals surface area contributed by atoms with Gasteiger partial charge in [0.2, 0.25) is 11.8 Å². The van der Waals surface area contributed by atoms with Crippen molar-refractivity contribution in [1.29, 1.82) is 0 Å². The maximum atomic E-state index is 12.9. The quantitative estimate of drug-likeness (QED) is 0.756. The molecule has 0 bridgehead atoms. The molecule has 29 heavy (non-hydrogen) atoms. The summed E-state index contributed by atoms with van der Waals surface area (Å²) in [6, 6.07) is 0.237. The largest absolute Gasteiger partial charge is 0.352 e. The van der Waals surface area contributed by atoms with Crippen LogP contribution in [0.4, 0.5) is 0 Å². The normalized spacial score (nSPS) is 17.1. The molecule has 2 aliphatic carbocycles. The lowest BCUT2D eigenvalue weighted by molar-refractivity contribution is -0.126. The van der Waals surface area contributed by atoms with Crippen molar-refractivity contribution in [2.45, 2.75) is 76.8 Å². The van der Waals surface area contributed by atoms with Gasteiger partial charge in [-0.15, -0.1) is 11.3 Å². The fraction of sp³-hybridized carbons (Fsp3) is 0.619. The average Bonchev–Trinajstić information content (AvgIpc) is 3.12. The minimum absolute atomic E-state index is 0.0143. The van der Waals surface area contributed by atoms with Crippen LogP contribution in [0.5, 0.6) is 0 Å². The lowest BCUT2D eigenvalue weighted by atomic mass is 9.95. The Hall–Kier alpha value is -2.22. The number of aryl methyl sites for hydroxylation is 3. The number of thiophene rings is 1. The molecule has 0 aliphatic heterocycles. The second-order valence-electron chi connectivity index (χ2n) is 8.06. The second-order valence-corrected chi connectivity index (χ2v) is 9.15. The van der Waals surface area contributed by atoms with Gasteiger partial charge in [-0.3, -0.25) is 19.0 Å². The summed E-state index contributed by atoms with van der Waals surface area (Å²) in [6.45, 7) is 0.252. The molecule has 0 aromatic carbocycles. The molecule has 8 heteroatoms. The molecule has 0 unspecified atom stereocenters. The maximum Gasteiger partial charge on any atom is 0.262 e. The van der Waals surface area contributed by atoms with Crippen LogP contribution in [0, 0.1) is 0 Å². The summed E-state index contributed by atoms with van der Waals surface area (Å²) in [6.07, 6.45) is 11.5. The Kier molecular flexibility index (Phi) is 6.28. The van der Waals surface area contributed by atoms with E-state index in [-0.39, 0.29) is 42.9 Å². The van der Waals surface area contributed by atoms with Gasteiger partial charge in [-0.05, 0) is 44.1 Å². The molecule has 2 aromatic heterocycles. The van der Waals surface area contributed by atoms with Crippen LogP contribution in [0.15, 0.2) is 11.1 Å². The highest BCUT2D eigenvalue weighted by Gasteiger charge is 2.20. The van der Waals surface area contributed by atoms with Gasteiger partial charge in [0.25, 0.3) is 5.56 Å². The van der Waals surface area contributed by atoms with Crippen molar-refractivity contribution in [2.24, 2.45) is 0 Å². The van der Waals surface area contributed by atoms with Crippen LogP contribution in [-0.4, -0.2) is 34.0 Å². The van der Waals surface area contributed by atoms with Gasteiger partial charge in [0, 0.05) is 23.9 Å². The van der Waals surface area contributed by atoms with Crippen LogP contribution < -0.4 is 16.2 Å². The fourth-order valence-electron chi connectivity index (χ4n) is 4.36. The average molecular weight is 417 g/mol. The molecule has 0 radical (unpaired) electrons. The number of aromatic nitrogens is 2. The zero-order chi connectivity index (χ0) is 20.2. The van der Waals surface area contributed by atoms with Crippen molar-refractivity contribution >= 4 is 33.4 Å². The number of rotatable bonds is 6. The van der Waals surface area contributed by atoms with Gasteiger partial charge >= 0.3 is 0 Å². The second kappa shape index (κ2) is 9.07. The molecule has 1 fully saturated rings. The summed E-state index contributed by atoms with van der Waals surface area (Å²) in [5, 5.41) is 6.38. The van der Waals surface area contributed by atoms with Gasteiger partial charge in [-0.25, -0.2) is 4.98 Å². The van der Waals surface area contributed by atoms with E-state index in [1.165, 1.54) is 28.6 Å². The SMILES string of the molecule is O=C(CCn1cnc2sc3c(c2c1=O)CCCC3)NCC(=O)NC1CCCCC1. The zero-order valence-electron chi connectivity index (χ0n) is 16.7. The predicted octanol–water partition coefficient (Wildman–Crippen LogP) is 2.29. The van der Waals surface area contributed by atoms with E-state index >= 15 is 0 Å². The molecule has 0 saturated heterocycles. The molecular formula is C21H28N4O3S. The van der Waals surface area contributed by atoms with E-state index in [2.05, 4.69) is 15.6 Å². The number of nitrogens with one attached hydrogen (secondary N) is 2. The number of amides is 2. The van der Waals surface area contributed by atoms with E-state index < -0.39 is 0 Å². The van der Waals surface area contributed by atoms with Crippen molar-refractivity contribution in [3.05, 3.63) is 27.1 Å². The molecule has 2 heterocycles. The van der Waals surface area contributed by atoms with E-state index in [0.29, 0.717) is 0 Å². The topological polar surface area (TPSA) is 93.1 Å². The highest BCUT2D eigenvalue weighted by molar-refractivity contribution is 7.18. The predicted molar refractivity (Wildman–Crippen MR) is 113 cm³/mol. The minimum atomic E-state index is -0.233. The van der Waals surface area contributed by atoms with Crippen molar-refractivity contribution < 1.29 is 9.59 Å². The summed E-state index contributed by atoms with van der Waals surface area (Å²) in [4.78, 5) is 43.6. The minimum Gasteiger partial charge on any atom is -0.352 e. The van der Waals surface area contributed by atoms with E-state index in [9.17, 15) is 14.4 Å². The molecular weight excluding hydrogens is 388 g/mol. The Morgan fingerprint density at radius 1 is 1.10 bits per heavy atom. The first-order valence-corrected chi connectivity index (χ1v) is 11.5. The van der Waals surface area contributed by atoms with Gasteiger partial charge in [0.15, 0.2) is 0 Å². The first-order valence-electron chi connectivity index (χ1n) is 10.7. The van der Waals surface area contributed by atoms with Gasteiger partial charge in [-0.1, -0.05) is 19.3 Å². The third kappa shape index (κ3) is 4.69. The van der Waals surface area contributed by atoms with E-state index in [4.69, 9.17) is 0 Å². The van der Waals surface area contributed by atoms with E-state index in [0.717, 1.165) is 60.7 Å². The summed E-state index contributed by atoms with van der Waals surface area (Å²) >= 11 is 1.62. The van der Waals surface area contributed by atoms with Gasteiger partial charge < -0.3 is 10.6 Å². The first kappa shape index (κ1) is 20.1. The van der Waals surface area contributed by atoms with Crippen molar-refractivity contribution in [3.8, 4) is 0 Å². The fourth-order valence-corrected chi connectivity index (χ4v) is 5.57. The van der Waals surface area contributed by atoms with Crippen molar-refractivity contribution in [2.75, 3.05) is 6.54 Å². The summed E-state index contributed by atoms with van der Waals surface area (Å²) in [7, 11) is 0. The molecule has 0 atom stereocenters. The van der Waals surface area contributed by atoms with Crippen LogP contribution in [-0.2, 0) is 29.0 Å². The molecule has 2 aromatic rings. The lowest BCUT2D eigenvalue weighted by Crippen LogP contribution is -2.42. The Balaban J connectivity index is 1.31. The molecule has 0 spiro atoms. The maximum absolute atomic E-state index is 12.9. The van der Waals surface area contributed by atoms with Gasteiger partial charge in [0.1, 0.15) is 4.83 Å². The Labute approximate surface area is 173 Å². The molecule has 156 valence electrons. The molecule has 4 rings (SSSR count). The van der Waals surface area contributed by atoms with Crippen LogP contribution in [0.25, 0.3) is 10.2 Å². The number of nitrogens with zero attached hydrogens (tertiary/aromatic N) is 2. The Morgan fingerprint density at radius 3 is 2.72 bits per heavy atom. The molecule has 7 nitrogen and oxygen atoms in total. The Morgan fingerprint density at radius 2 is 1.90 bits per heavy atom. The van der Waals surface area contributed by atoms with Crippen LogP contribution in [0.3, 0.4) is 0 Å².